The Hall–Kier alpha value is -1.26. The van der Waals surface area contributed by atoms with Crippen LogP contribution in [0.15, 0.2) is 46.9 Å². The molecule has 0 aliphatic heterocycles. The molecular weight excluding hydrogens is 302 g/mol. The predicted molar refractivity (Wildman–Crippen MR) is 69.2 cm³/mol. The van der Waals surface area contributed by atoms with Crippen LogP contribution >= 0.6 is 15.9 Å². The summed E-state index contributed by atoms with van der Waals surface area (Å²) in [6.07, 6.45) is -0.526. The van der Waals surface area contributed by atoms with Gasteiger partial charge in [0.05, 0.1) is 10.6 Å². The maximum atomic E-state index is 13.4. The van der Waals surface area contributed by atoms with Crippen molar-refractivity contribution in [2.75, 3.05) is 0 Å². The third-order valence-corrected chi connectivity index (χ3v) is 3.50. The smallest absolute Gasteiger partial charge is 0.173 e. The van der Waals surface area contributed by atoms with E-state index in [1.54, 1.807) is 0 Å². The Bertz CT molecular complexity index is 543. The Balaban J connectivity index is 2.24. The Morgan fingerprint density at radius 3 is 2.39 bits per heavy atom. The van der Waals surface area contributed by atoms with Crippen LogP contribution in [0.1, 0.15) is 17.2 Å². The van der Waals surface area contributed by atoms with Crippen molar-refractivity contribution in [2.45, 2.75) is 12.5 Å². The zero-order chi connectivity index (χ0) is 13.1. The van der Waals surface area contributed by atoms with Crippen LogP contribution in [0, 0.1) is 11.6 Å². The van der Waals surface area contributed by atoms with Crippen molar-refractivity contribution < 1.29 is 13.9 Å². The largest absolute Gasteiger partial charge is 0.388 e. The summed E-state index contributed by atoms with van der Waals surface area (Å²) in [4.78, 5) is 0. The molecule has 2 aromatic rings. The van der Waals surface area contributed by atoms with Gasteiger partial charge in [-0.05, 0) is 33.1 Å². The van der Waals surface area contributed by atoms with Gasteiger partial charge in [0.1, 0.15) is 0 Å². The standard InChI is InChI=1S/C14H11BrF2O/c15-13-10(6-7-11(16)14(13)17)12(18)8-9-4-2-1-3-5-9/h1-7,12,18H,8H2. The molecule has 0 aromatic heterocycles. The minimum absolute atomic E-state index is 0.0223. The second kappa shape index (κ2) is 5.59. The summed E-state index contributed by atoms with van der Waals surface area (Å²) < 4.78 is 26.3. The van der Waals surface area contributed by atoms with Crippen molar-refractivity contribution in [2.24, 2.45) is 0 Å². The molecule has 0 bridgehead atoms. The maximum Gasteiger partial charge on any atom is 0.173 e. The van der Waals surface area contributed by atoms with Gasteiger partial charge >= 0.3 is 0 Å². The molecule has 0 amide bonds. The molecule has 2 rings (SSSR count). The SMILES string of the molecule is OC(Cc1ccccc1)c1ccc(F)c(F)c1Br. The zero-order valence-corrected chi connectivity index (χ0v) is 11.0. The van der Waals surface area contributed by atoms with Crippen LogP contribution < -0.4 is 0 Å². The van der Waals surface area contributed by atoms with E-state index in [4.69, 9.17) is 0 Å². The zero-order valence-electron chi connectivity index (χ0n) is 9.41. The number of benzene rings is 2. The summed E-state index contributed by atoms with van der Waals surface area (Å²) in [5.74, 6) is -1.91. The van der Waals surface area contributed by atoms with Gasteiger partial charge in [-0.1, -0.05) is 36.4 Å². The molecule has 1 atom stereocenters. The predicted octanol–water partition coefficient (Wildman–Crippen LogP) is 4.00. The maximum absolute atomic E-state index is 13.4. The summed E-state index contributed by atoms with van der Waals surface area (Å²) in [7, 11) is 0. The number of halogens is 3. The van der Waals surface area contributed by atoms with Crippen molar-refractivity contribution in [3.8, 4) is 0 Å². The molecule has 0 radical (unpaired) electrons. The monoisotopic (exact) mass is 312 g/mol. The van der Waals surface area contributed by atoms with Gasteiger partial charge in [0.2, 0.25) is 0 Å². The van der Waals surface area contributed by atoms with E-state index in [2.05, 4.69) is 15.9 Å². The normalized spacial score (nSPS) is 12.4. The number of aliphatic hydroxyl groups excluding tert-OH is 1. The molecule has 0 fully saturated rings. The van der Waals surface area contributed by atoms with Crippen molar-refractivity contribution in [1.29, 1.82) is 0 Å². The summed E-state index contributed by atoms with van der Waals surface area (Å²) in [5, 5.41) is 10.1. The highest BCUT2D eigenvalue weighted by Gasteiger charge is 2.17. The summed E-state index contributed by atoms with van der Waals surface area (Å²) >= 11 is 2.97. The van der Waals surface area contributed by atoms with Crippen molar-refractivity contribution in [1.82, 2.24) is 0 Å². The van der Waals surface area contributed by atoms with E-state index in [1.807, 2.05) is 30.3 Å². The fraction of sp³-hybridized carbons (Fsp3) is 0.143. The van der Waals surface area contributed by atoms with E-state index in [9.17, 15) is 13.9 Å². The number of hydrogen-bond donors (Lipinski definition) is 1. The van der Waals surface area contributed by atoms with E-state index >= 15 is 0 Å². The Labute approximate surface area is 112 Å². The van der Waals surface area contributed by atoms with Crippen molar-refractivity contribution in [3.63, 3.8) is 0 Å². The van der Waals surface area contributed by atoms with Gasteiger partial charge in [0, 0.05) is 6.42 Å². The van der Waals surface area contributed by atoms with Crippen LogP contribution in [0.25, 0.3) is 0 Å². The van der Waals surface area contributed by atoms with Gasteiger partial charge in [0.15, 0.2) is 11.6 Å². The van der Waals surface area contributed by atoms with Gasteiger partial charge in [-0.3, -0.25) is 0 Å². The van der Waals surface area contributed by atoms with Crippen LogP contribution in [-0.4, -0.2) is 5.11 Å². The van der Waals surface area contributed by atoms with Gasteiger partial charge in [-0.15, -0.1) is 0 Å². The lowest BCUT2D eigenvalue weighted by Gasteiger charge is -2.13. The second-order valence-corrected chi connectivity index (χ2v) is 4.76. The molecule has 0 aliphatic rings. The highest BCUT2D eigenvalue weighted by molar-refractivity contribution is 9.10. The average molecular weight is 313 g/mol. The lowest BCUT2D eigenvalue weighted by Crippen LogP contribution is -2.04. The molecule has 1 N–H and O–H groups in total. The number of aliphatic hydroxyl groups is 1. The first kappa shape index (κ1) is 13.2. The average Bonchev–Trinajstić information content (AvgIpc) is 2.37. The van der Waals surface area contributed by atoms with Crippen LogP contribution in [0.5, 0.6) is 0 Å². The lowest BCUT2D eigenvalue weighted by molar-refractivity contribution is 0.177. The highest BCUT2D eigenvalue weighted by Crippen LogP contribution is 2.29. The van der Waals surface area contributed by atoms with Crippen LogP contribution in [0.3, 0.4) is 0 Å². The lowest BCUT2D eigenvalue weighted by atomic mass is 10.0. The third kappa shape index (κ3) is 2.76. The number of hydrogen-bond acceptors (Lipinski definition) is 1. The molecule has 0 spiro atoms. The summed E-state index contributed by atoms with van der Waals surface area (Å²) in [5.41, 5.74) is 1.28. The van der Waals surface area contributed by atoms with E-state index in [1.165, 1.54) is 6.07 Å². The fourth-order valence-electron chi connectivity index (χ4n) is 1.75. The molecule has 1 nitrogen and oxygen atoms in total. The molecule has 2 aromatic carbocycles. The fourth-order valence-corrected chi connectivity index (χ4v) is 2.33. The Morgan fingerprint density at radius 1 is 1.06 bits per heavy atom. The molecule has 94 valence electrons. The topological polar surface area (TPSA) is 20.2 Å². The quantitative estimate of drug-likeness (QED) is 0.849. The van der Waals surface area contributed by atoms with E-state index in [-0.39, 0.29) is 4.47 Å². The Morgan fingerprint density at radius 2 is 1.72 bits per heavy atom. The molecule has 0 heterocycles. The van der Waals surface area contributed by atoms with Crippen LogP contribution in [0.2, 0.25) is 0 Å². The van der Waals surface area contributed by atoms with E-state index in [0.717, 1.165) is 11.6 Å². The first-order chi connectivity index (χ1) is 8.59. The van der Waals surface area contributed by atoms with Crippen LogP contribution in [-0.2, 0) is 6.42 Å². The minimum atomic E-state index is -0.973. The molecule has 0 saturated carbocycles. The second-order valence-electron chi connectivity index (χ2n) is 3.97. The first-order valence-electron chi connectivity index (χ1n) is 5.45. The summed E-state index contributed by atoms with van der Waals surface area (Å²) in [6.45, 7) is 0. The van der Waals surface area contributed by atoms with Gasteiger partial charge < -0.3 is 5.11 Å². The van der Waals surface area contributed by atoms with Crippen molar-refractivity contribution in [3.05, 3.63) is 69.7 Å². The molecule has 0 aliphatic carbocycles. The highest BCUT2D eigenvalue weighted by atomic mass is 79.9. The molecule has 1 unspecified atom stereocenters. The van der Waals surface area contributed by atoms with E-state index < -0.39 is 17.7 Å². The Kier molecular flexibility index (Phi) is 4.09. The third-order valence-electron chi connectivity index (χ3n) is 2.70. The molecule has 18 heavy (non-hydrogen) atoms. The van der Waals surface area contributed by atoms with Crippen molar-refractivity contribution >= 4 is 15.9 Å². The first-order valence-corrected chi connectivity index (χ1v) is 6.24. The molecule has 0 saturated heterocycles. The number of rotatable bonds is 3. The minimum Gasteiger partial charge on any atom is -0.388 e. The summed E-state index contributed by atoms with van der Waals surface area (Å²) in [6, 6.07) is 11.8. The van der Waals surface area contributed by atoms with Crippen LogP contribution in [0.4, 0.5) is 8.78 Å². The van der Waals surface area contributed by atoms with Gasteiger partial charge in [-0.25, -0.2) is 8.78 Å². The van der Waals surface area contributed by atoms with Gasteiger partial charge in [-0.2, -0.15) is 0 Å². The van der Waals surface area contributed by atoms with Gasteiger partial charge in [0.25, 0.3) is 0 Å². The molecule has 4 heteroatoms. The van der Waals surface area contributed by atoms with E-state index in [0.29, 0.717) is 12.0 Å². The molecular formula is C14H11BrF2O.